The van der Waals surface area contributed by atoms with Gasteiger partial charge in [-0.25, -0.2) is 0 Å². The van der Waals surface area contributed by atoms with Crippen LogP contribution in [0.3, 0.4) is 0 Å². The molecule has 1 rings (SSSR count). The van der Waals surface area contributed by atoms with Gasteiger partial charge in [-0.15, -0.1) is 0 Å². The molecular formula is C7H6OTe. The zero-order chi connectivity index (χ0) is 6.53. The average molecular weight is 234 g/mol. The van der Waals surface area contributed by atoms with Crippen LogP contribution in [0.4, 0.5) is 0 Å². The van der Waals surface area contributed by atoms with Gasteiger partial charge in [-0.2, -0.15) is 0 Å². The molecule has 0 fully saturated rings. The first-order valence-electron chi connectivity index (χ1n) is 2.59. The van der Waals surface area contributed by atoms with Crippen LogP contribution < -0.4 is 3.61 Å². The zero-order valence-electron chi connectivity index (χ0n) is 4.78. The number of hydrogen-bond acceptors (Lipinski definition) is 1. The molecule has 0 saturated carbocycles. The third-order valence-corrected chi connectivity index (χ3v) is 2.76. The van der Waals surface area contributed by atoms with Crippen molar-refractivity contribution in [3.63, 3.8) is 0 Å². The molecule has 0 N–H and O–H groups in total. The Morgan fingerprint density at radius 3 is 2.44 bits per heavy atom. The normalized spacial score (nSPS) is 8.89. The van der Waals surface area contributed by atoms with Crippen LogP contribution in [0, 0.1) is 0 Å². The summed E-state index contributed by atoms with van der Waals surface area (Å²) in [6.07, 6.45) is 0. The number of carbonyl (C=O) groups is 1. The van der Waals surface area contributed by atoms with Gasteiger partial charge in [0.2, 0.25) is 0 Å². The standard InChI is InChI=1S/C7H6OTe/c8-6-9-7-4-2-1-3-5-7/h1-6H. The van der Waals surface area contributed by atoms with Crippen LogP contribution in [0.5, 0.6) is 0 Å². The van der Waals surface area contributed by atoms with E-state index in [9.17, 15) is 4.79 Å². The van der Waals surface area contributed by atoms with E-state index in [4.69, 9.17) is 0 Å². The Morgan fingerprint density at radius 2 is 1.89 bits per heavy atom. The Balaban J connectivity index is 2.72. The summed E-state index contributed by atoms with van der Waals surface area (Å²) in [7, 11) is 0. The second-order valence-electron chi connectivity index (χ2n) is 1.53. The molecule has 1 aromatic carbocycles. The minimum absolute atomic E-state index is 0.511. The summed E-state index contributed by atoms with van der Waals surface area (Å²) in [5, 5.41) is 0. The van der Waals surface area contributed by atoms with Crippen LogP contribution in [0.2, 0.25) is 0 Å². The summed E-state index contributed by atoms with van der Waals surface area (Å²) in [5.41, 5.74) is 0. The molecule has 9 heavy (non-hydrogen) atoms. The predicted octanol–water partition coefficient (Wildman–Crippen LogP) is 0.206. The summed E-state index contributed by atoms with van der Waals surface area (Å²) in [5.74, 6) is 0. The van der Waals surface area contributed by atoms with Crippen LogP contribution in [0.1, 0.15) is 0 Å². The van der Waals surface area contributed by atoms with Gasteiger partial charge in [0.05, 0.1) is 0 Å². The van der Waals surface area contributed by atoms with Gasteiger partial charge >= 0.3 is 64.0 Å². The fourth-order valence-electron chi connectivity index (χ4n) is 0.555. The molecule has 0 spiro atoms. The second kappa shape index (κ2) is 3.66. The van der Waals surface area contributed by atoms with E-state index in [2.05, 4.69) is 0 Å². The molecular weight excluding hydrogens is 228 g/mol. The molecule has 0 aliphatic heterocycles. The Hall–Kier alpha value is -0.320. The van der Waals surface area contributed by atoms with Gasteiger partial charge in [0.25, 0.3) is 0 Å². The first-order chi connectivity index (χ1) is 4.43. The minimum atomic E-state index is -0.511. The van der Waals surface area contributed by atoms with Gasteiger partial charge in [-0.3, -0.25) is 0 Å². The number of benzene rings is 1. The fraction of sp³-hybridized carbons (Fsp3) is 0. The fourth-order valence-corrected chi connectivity index (χ4v) is 1.77. The van der Waals surface area contributed by atoms with Crippen LogP contribution in [0.15, 0.2) is 30.3 Å². The summed E-state index contributed by atoms with van der Waals surface area (Å²) in [6.45, 7) is 0. The van der Waals surface area contributed by atoms with E-state index in [1.165, 1.54) is 3.61 Å². The van der Waals surface area contributed by atoms with E-state index in [-0.39, 0.29) is 0 Å². The van der Waals surface area contributed by atoms with Gasteiger partial charge < -0.3 is 0 Å². The summed E-state index contributed by atoms with van der Waals surface area (Å²) < 4.78 is 2.25. The molecule has 0 bridgehead atoms. The number of hydrogen-bond donors (Lipinski definition) is 0. The molecule has 46 valence electrons. The molecule has 0 radical (unpaired) electrons. The number of rotatable bonds is 2. The molecule has 1 nitrogen and oxygen atoms in total. The molecule has 0 heterocycles. The molecule has 0 amide bonds. The Bertz CT molecular complexity index is 183. The van der Waals surface area contributed by atoms with E-state index in [1.807, 2.05) is 30.3 Å². The molecule has 0 aliphatic carbocycles. The van der Waals surface area contributed by atoms with E-state index in [0.717, 1.165) is 4.33 Å². The summed E-state index contributed by atoms with van der Waals surface area (Å²) in [4.78, 5) is 10.0. The van der Waals surface area contributed by atoms with Crippen molar-refractivity contribution in [1.29, 1.82) is 0 Å². The van der Waals surface area contributed by atoms with Crippen molar-refractivity contribution in [1.82, 2.24) is 0 Å². The zero-order valence-corrected chi connectivity index (χ0v) is 7.11. The summed E-state index contributed by atoms with van der Waals surface area (Å²) >= 11 is -0.511. The van der Waals surface area contributed by atoms with Crippen molar-refractivity contribution in [2.24, 2.45) is 0 Å². The van der Waals surface area contributed by atoms with E-state index in [1.54, 1.807) is 0 Å². The molecule has 0 unspecified atom stereocenters. The van der Waals surface area contributed by atoms with Gasteiger partial charge in [0.15, 0.2) is 0 Å². The Morgan fingerprint density at radius 1 is 1.22 bits per heavy atom. The van der Waals surface area contributed by atoms with Crippen molar-refractivity contribution >= 4 is 28.9 Å². The van der Waals surface area contributed by atoms with E-state index >= 15 is 0 Å². The molecule has 1 aromatic rings. The van der Waals surface area contributed by atoms with Crippen LogP contribution in [-0.4, -0.2) is 25.3 Å². The molecule has 0 atom stereocenters. The van der Waals surface area contributed by atoms with Crippen molar-refractivity contribution in [2.45, 2.75) is 0 Å². The molecule has 2 heteroatoms. The number of carbonyl (C=O) groups excluding carboxylic acids is 1. The molecule has 0 saturated heterocycles. The third-order valence-electron chi connectivity index (χ3n) is 0.927. The van der Waals surface area contributed by atoms with Gasteiger partial charge in [0.1, 0.15) is 0 Å². The first kappa shape index (κ1) is 6.79. The monoisotopic (exact) mass is 236 g/mol. The Kier molecular flexibility index (Phi) is 2.76. The second-order valence-corrected chi connectivity index (χ2v) is 4.09. The maximum atomic E-state index is 10.0. The van der Waals surface area contributed by atoms with Gasteiger partial charge in [-0.1, -0.05) is 0 Å². The Labute approximate surface area is 64.2 Å². The molecule has 0 aromatic heterocycles. The summed E-state index contributed by atoms with van der Waals surface area (Å²) in [6, 6.07) is 9.88. The quantitative estimate of drug-likeness (QED) is 0.527. The van der Waals surface area contributed by atoms with E-state index in [0.29, 0.717) is 0 Å². The first-order valence-corrected chi connectivity index (χ1v) is 5.10. The third kappa shape index (κ3) is 2.17. The van der Waals surface area contributed by atoms with Crippen molar-refractivity contribution in [2.75, 3.05) is 0 Å². The topological polar surface area (TPSA) is 17.1 Å². The predicted molar refractivity (Wildman–Crippen MR) is 38.6 cm³/mol. The SMILES string of the molecule is O=C[Te]c1ccccc1. The van der Waals surface area contributed by atoms with Crippen molar-refractivity contribution < 1.29 is 4.79 Å². The molecule has 0 aliphatic rings. The van der Waals surface area contributed by atoms with Crippen LogP contribution in [0.25, 0.3) is 0 Å². The van der Waals surface area contributed by atoms with E-state index < -0.39 is 20.9 Å². The van der Waals surface area contributed by atoms with Gasteiger partial charge in [0, 0.05) is 0 Å². The van der Waals surface area contributed by atoms with Crippen molar-refractivity contribution in [3.05, 3.63) is 30.3 Å². The average Bonchev–Trinajstić information content (AvgIpc) is 1.91. The van der Waals surface area contributed by atoms with Crippen molar-refractivity contribution in [3.8, 4) is 0 Å². The van der Waals surface area contributed by atoms with Gasteiger partial charge in [-0.05, 0) is 0 Å². The maximum absolute atomic E-state index is 10.0. The van der Waals surface area contributed by atoms with Crippen LogP contribution >= 0.6 is 0 Å². The van der Waals surface area contributed by atoms with Crippen LogP contribution in [-0.2, 0) is 4.79 Å².